The number of nitrogens with zero attached hydrogens (tertiary/aromatic N) is 2. The molecule has 152 valence electrons. The number of aryl methyl sites for hydroxylation is 1. The number of anilines is 1. The van der Waals surface area contributed by atoms with E-state index < -0.39 is 0 Å². The Balaban J connectivity index is 1.52. The van der Waals surface area contributed by atoms with Crippen LogP contribution in [0.4, 0.5) is 5.69 Å². The third-order valence-electron chi connectivity index (χ3n) is 4.67. The number of nitrogens with one attached hydrogen (secondary N) is 1. The van der Waals surface area contributed by atoms with Gasteiger partial charge in [-0.05, 0) is 49.7 Å². The fourth-order valence-electron chi connectivity index (χ4n) is 3.25. The van der Waals surface area contributed by atoms with Crippen molar-refractivity contribution in [3.8, 4) is 11.5 Å². The zero-order valence-electron chi connectivity index (χ0n) is 17.0. The minimum absolute atomic E-state index is 0.261. The molecule has 1 amide bonds. The molecule has 0 radical (unpaired) electrons. The Morgan fingerprint density at radius 1 is 1.00 bits per heavy atom. The summed E-state index contributed by atoms with van der Waals surface area (Å²) in [7, 11) is 0. The topological polar surface area (TPSA) is 64.9 Å². The molecule has 0 bridgehead atoms. The molecular weight excluding hydrogens is 378 g/mol. The first kappa shape index (κ1) is 19.5. The number of fused-ring (bicyclic) bond motifs is 1. The SMILES string of the molecule is CCOc1ccccc1NC(=O)c1ccccc1OCc1cn2cccc(C)c2n1. The number of pyridine rings is 1. The molecule has 6 heteroatoms. The zero-order valence-corrected chi connectivity index (χ0v) is 17.0. The summed E-state index contributed by atoms with van der Waals surface area (Å²) in [6.45, 7) is 4.71. The van der Waals surface area contributed by atoms with Crippen molar-refractivity contribution >= 4 is 17.2 Å². The minimum atomic E-state index is -0.261. The number of hydrogen-bond acceptors (Lipinski definition) is 4. The number of hydrogen-bond donors (Lipinski definition) is 1. The van der Waals surface area contributed by atoms with Gasteiger partial charge in [0.2, 0.25) is 0 Å². The first-order valence-electron chi connectivity index (χ1n) is 9.84. The predicted octanol–water partition coefficient (Wildman–Crippen LogP) is 4.87. The molecule has 4 rings (SSSR count). The predicted molar refractivity (Wildman–Crippen MR) is 116 cm³/mol. The van der Waals surface area contributed by atoms with Gasteiger partial charge in [0, 0.05) is 12.4 Å². The third-order valence-corrected chi connectivity index (χ3v) is 4.67. The van der Waals surface area contributed by atoms with Crippen LogP contribution in [0.15, 0.2) is 73.1 Å². The Morgan fingerprint density at radius 3 is 2.57 bits per heavy atom. The van der Waals surface area contributed by atoms with Crippen LogP contribution < -0.4 is 14.8 Å². The minimum Gasteiger partial charge on any atom is -0.492 e. The molecule has 4 aromatic rings. The second kappa shape index (κ2) is 8.69. The highest BCUT2D eigenvalue weighted by Crippen LogP contribution is 2.26. The van der Waals surface area contributed by atoms with E-state index in [1.165, 1.54) is 0 Å². The summed E-state index contributed by atoms with van der Waals surface area (Å²) in [5.41, 5.74) is 3.85. The number of imidazole rings is 1. The van der Waals surface area contributed by atoms with Crippen LogP contribution in [0.1, 0.15) is 28.5 Å². The van der Waals surface area contributed by atoms with E-state index in [1.54, 1.807) is 12.1 Å². The quantitative estimate of drug-likeness (QED) is 0.480. The first-order chi connectivity index (χ1) is 14.7. The molecule has 0 saturated carbocycles. The smallest absolute Gasteiger partial charge is 0.259 e. The van der Waals surface area contributed by atoms with Crippen molar-refractivity contribution in [1.29, 1.82) is 0 Å². The van der Waals surface area contributed by atoms with E-state index >= 15 is 0 Å². The summed E-state index contributed by atoms with van der Waals surface area (Å²) >= 11 is 0. The van der Waals surface area contributed by atoms with Gasteiger partial charge < -0.3 is 19.2 Å². The zero-order chi connectivity index (χ0) is 20.9. The highest BCUT2D eigenvalue weighted by molar-refractivity contribution is 6.06. The third kappa shape index (κ3) is 4.12. The molecule has 2 aromatic heterocycles. The van der Waals surface area contributed by atoms with Gasteiger partial charge in [-0.1, -0.05) is 30.3 Å². The maximum absolute atomic E-state index is 12.9. The molecule has 0 aliphatic heterocycles. The number of ether oxygens (including phenoxy) is 2. The first-order valence-corrected chi connectivity index (χ1v) is 9.84. The molecule has 2 heterocycles. The largest absolute Gasteiger partial charge is 0.492 e. The van der Waals surface area contributed by atoms with Crippen molar-refractivity contribution in [2.45, 2.75) is 20.5 Å². The summed E-state index contributed by atoms with van der Waals surface area (Å²) in [5, 5.41) is 2.92. The van der Waals surface area contributed by atoms with E-state index in [0.717, 1.165) is 16.9 Å². The van der Waals surface area contributed by atoms with Crippen molar-refractivity contribution in [3.05, 3.63) is 89.9 Å². The molecule has 0 unspecified atom stereocenters. The molecular formula is C24H23N3O3. The molecule has 1 N–H and O–H groups in total. The normalized spacial score (nSPS) is 10.7. The van der Waals surface area contributed by atoms with Crippen LogP contribution in [0.25, 0.3) is 5.65 Å². The second-order valence-electron chi connectivity index (χ2n) is 6.82. The maximum atomic E-state index is 12.9. The highest BCUT2D eigenvalue weighted by Gasteiger charge is 2.15. The van der Waals surface area contributed by atoms with Gasteiger partial charge >= 0.3 is 0 Å². The Bertz CT molecular complexity index is 1180. The van der Waals surface area contributed by atoms with Crippen molar-refractivity contribution in [2.75, 3.05) is 11.9 Å². The number of benzene rings is 2. The van der Waals surface area contributed by atoms with Gasteiger partial charge in [0.25, 0.3) is 5.91 Å². The maximum Gasteiger partial charge on any atom is 0.259 e. The lowest BCUT2D eigenvalue weighted by Crippen LogP contribution is -2.14. The Kier molecular flexibility index (Phi) is 5.66. The van der Waals surface area contributed by atoms with Crippen molar-refractivity contribution in [1.82, 2.24) is 9.38 Å². The molecule has 6 nitrogen and oxygen atoms in total. The van der Waals surface area contributed by atoms with Crippen LogP contribution in [-0.4, -0.2) is 21.9 Å². The summed E-state index contributed by atoms with van der Waals surface area (Å²) < 4.78 is 13.5. The Morgan fingerprint density at radius 2 is 1.77 bits per heavy atom. The number of rotatable bonds is 7. The second-order valence-corrected chi connectivity index (χ2v) is 6.82. The Labute approximate surface area is 175 Å². The van der Waals surface area contributed by atoms with E-state index in [4.69, 9.17) is 9.47 Å². The van der Waals surface area contributed by atoms with Crippen LogP contribution in [0.2, 0.25) is 0 Å². The van der Waals surface area contributed by atoms with E-state index in [2.05, 4.69) is 10.3 Å². The van der Waals surface area contributed by atoms with Gasteiger partial charge in [-0.25, -0.2) is 4.98 Å². The van der Waals surface area contributed by atoms with E-state index in [1.807, 2.05) is 79.2 Å². The van der Waals surface area contributed by atoms with Gasteiger partial charge in [-0.2, -0.15) is 0 Å². The molecule has 0 saturated heterocycles. The highest BCUT2D eigenvalue weighted by atomic mass is 16.5. The fraction of sp³-hybridized carbons (Fsp3) is 0.167. The van der Waals surface area contributed by atoms with Gasteiger partial charge in [0.1, 0.15) is 23.8 Å². The van der Waals surface area contributed by atoms with Crippen LogP contribution in [0.3, 0.4) is 0 Å². The van der Waals surface area contributed by atoms with E-state index in [9.17, 15) is 4.79 Å². The van der Waals surface area contributed by atoms with Crippen molar-refractivity contribution in [2.24, 2.45) is 0 Å². The Hall–Kier alpha value is -3.80. The molecule has 0 fully saturated rings. The molecule has 0 aliphatic carbocycles. The van der Waals surface area contributed by atoms with Crippen molar-refractivity contribution in [3.63, 3.8) is 0 Å². The van der Waals surface area contributed by atoms with E-state index in [-0.39, 0.29) is 12.5 Å². The standard InChI is InChI=1S/C24H23N3O3/c1-3-29-22-13-7-5-11-20(22)26-24(28)19-10-4-6-12-21(19)30-16-18-15-27-14-8-9-17(2)23(27)25-18/h4-15H,3,16H2,1-2H3,(H,26,28). The lowest BCUT2D eigenvalue weighted by Gasteiger charge is -2.13. The average molecular weight is 401 g/mol. The monoisotopic (exact) mass is 401 g/mol. The average Bonchev–Trinajstić information content (AvgIpc) is 3.19. The van der Waals surface area contributed by atoms with Gasteiger partial charge in [0.15, 0.2) is 0 Å². The number of para-hydroxylation sites is 3. The van der Waals surface area contributed by atoms with Crippen LogP contribution in [0.5, 0.6) is 11.5 Å². The van der Waals surface area contributed by atoms with Gasteiger partial charge in [-0.15, -0.1) is 0 Å². The van der Waals surface area contributed by atoms with Gasteiger partial charge in [0.05, 0.1) is 23.6 Å². The van der Waals surface area contributed by atoms with Crippen LogP contribution in [0, 0.1) is 6.92 Å². The molecule has 0 spiro atoms. The van der Waals surface area contributed by atoms with Gasteiger partial charge in [-0.3, -0.25) is 4.79 Å². The summed E-state index contributed by atoms with van der Waals surface area (Å²) in [4.78, 5) is 17.5. The summed E-state index contributed by atoms with van der Waals surface area (Å²) in [5.74, 6) is 0.869. The molecule has 2 aromatic carbocycles. The lowest BCUT2D eigenvalue weighted by molar-refractivity contribution is 0.102. The molecule has 30 heavy (non-hydrogen) atoms. The van der Waals surface area contributed by atoms with Crippen LogP contribution >= 0.6 is 0 Å². The van der Waals surface area contributed by atoms with Crippen LogP contribution in [-0.2, 0) is 6.61 Å². The van der Waals surface area contributed by atoms with Crippen molar-refractivity contribution < 1.29 is 14.3 Å². The number of carbonyl (C=O) groups is 1. The number of aromatic nitrogens is 2. The summed E-state index contributed by atoms with van der Waals surface area (Å²) in [6.07, 6.45) is 3.89. The lowest BCUT2D eigenvalue weighted by atomic mass is 10.1. The molecule has 0 atom stereocenters. The number of amides is 1. The number of carbonyl (C=O) groups excluding carboxylic acids is 1. The fourth-order valence-corrected chi connectivity index (χ4v) is 3.25. The summed E-state index contributed by atoms with van der Waals surface area (Å²) in [6, 6.07) is 18.5. The molecule has 0 aliphatic rings. The van der Waals surface area contributed by atoms with E-state index in [0.29, 0.717) is 29.4 Å².